The van der Waals surface area contributed by atoms with E-state index in [1.54, 1.807) is 12.1 Å². The molecule has 0 saturated carbocycles. The predicted molar refractivity (Wildman–Crippen MR) is 126 cm³/mol. The van der Waals surface area contributed by atoms with Gasteiger partial charge in [-0.05, 0) is 60.5 Å². The summed E-state index contributed by atoms with van der Waals surface area (Å²) in [6.07, 6.45) is 2.53. The molecule has 3 aromatic carbocycles. The van der Waals surface area contributed by atoms with Crippen molar-refractivity contribution in [2.45, 2.75) is 17.7 Å². The second-order valence-corrected chi connectivity index (χ2v) is 9.32. The van der Waals surface area contributed by atoms with E-state index in [0.29, 0.717) is 17.1 Å². The average Bonchev–Trinajstić information content (AvgIpc) is 3.18. The number of anilines is 2. The van der Waals surface area contributed by atoms with Crippen molar-refractivity contribution in [2.24, 2.45) is 0 Å². The lowest BCUT2D eigenvalue weighted by Gasteiger charge is -2.12. The minimum atomic E-state index is -3.93. The molecule has 0 fully saturated rings. The van der Waals surface area contributed by atoms with Gasteiger partial charge < -0.3 is 15.4 Å². The molecule has 0 spiro atoms. The Morgan fingerprint density at radius 1 is 1.03 bits per heavy atom. The van der Waals surface area contributed by atoms with Gasteiger partial charge in [-0.3, -0.25) is 9.52 Å². The first kappa shape index (κ1) is 21.7. The van der Waals surface area contributed by atoms with Crippen molar-refractivity contribution in [3.8, 4) is 5.75 Å². The third kappa shape index (κ3) is 4.87. The molecule has 0 atom stereocenters. The van der Waals surface area contributed by atoms with Gasteiger partial charge in [-0.2, -0.15) is 0 Å². The van der Waals surface area contributed by atoms with Crippen molar-refractivity contribution in [3.63, 3.8) is 0 Å². The predicted octanol–water partition coefficient (Wildman–Crippen LogP) is 4.90. The van der Waals surface area contributed by atoms with Crippen molar-refractivity contribution in [1.29, 1.82) is 0 Å². The number of aryl methyl sites for hydroxylation is 1. The molecular weight excluding hydrogens is 450 g/mol. The maximum Gasteiger partial charge on any atom is 0.261 e. The van der Waals surface area contributed by atoms with Gasteiger partial charge in [-0.15, -0.1) is 0 Å². The molecule has 32 heavy (non-hydrogen) atoms. The van der Waals surface area contributed by atoms with Crippen LogP contribution in [0.3, 0.4) is 0 Å². The summed E-state index contributed by atoms with van der Waals surface area (Å²) in [6.45, 7) is 0. The molecule has 4 N–H and O–H groups in total. The van der Waals surface area contributed by atoms with Gasteiger partial charge in [0, 0.05) is 34.2 Å². The quantitative estimate of drug-likeness (QED) is 0.288. The Kier molecular flexibility index (Phi) is 6.07. The molecule has 1 heterocycles. The fourth-order valence-electron chi connectivity index (χ4n) is 3.31. The second kappa shape index (κ2) is 8.94. The lowest BCUT2D eigenvalue weighted by atomic mass is 10.1. The van der Waals surface area contributed by atoms with Crippen LogP contribution < -0.4 is 10.0 Å². The molecule has 1 aromatic heterocycles. The van der Waals surface area contributed by atoms with E-state index in [4.69, 9.17) is 11.6 Å². The van der Waals surface area contributed by atoms with E-state index < -0.39 is 10.0 Å². The van der Waals surface area contributed by atoms with Crippen LogP contribution in [0.15, 0.2) is 77.8 Å². The lowest BCUT2D eigenvalue weighted by molar-refractivity contribution is -0.116. The number of amides is 1. The molecule has 0 aliphatic carbocycles. The van der Waals surface area contributed by atoms with Crippen LogP contribution in [0.25, 0.3) is 10.9 Å². The van der Waals surface area contributed by atoms with E-state index in [2.05, 4.69) is 15.0 Å². The number of rotatable bonds is 7. The normalized spacial score (nSPS) is 11.4. The first-order valence-corrected chi connectivity index (χ1v) is 11.6. The van der Waals surface area contributed by atoms with Crippen molar-refractivity contribution in [3.05, 3.63) is 83.5 Å². The van der Waals surface area contributed by atoms with Gasteiger partial charge in [0.25, 0.3) is 10.0 Å². The van der Waals surface area contributed by atoms with Gasteiger partial charge in [-0.25, -0.2) is 8.42 Å². The van der Waals surface area contributed by atoms with Gasteiger partial charge in [0.05, 0.1) is 10.6 Å². The number of para-hydroxylation sites is 1. The van der Waals surface area contributed by atoms with Crippen LogP contribution in [0, 0.1) is 0 Å². The van der Waals surface area contributed by atoms with Crippen molar-refractivity contribution in [2.75, 3.05) is 10.0 Å². The SMILES string of the molecule is O=C(CCc1c[nH]c2ccccc12)Nc1cc(S(=O)(=O)Nc2ccc(Cl)cc2)ccc1O. The number of hydrogen-bond acceptors (Lipinski definition) is 4. The van der Waals surface area contributed by atoms with E-state index in [9.17, 15) is 18.3 Å². The number of fused-ring (bicyclic) bond motifs is 1. The van der Waals surface area contributed by atoms with Gasteiger partial charge in [-0.1, -0.05) is 29.8 Å². The highest BCUT2D eigenvalue weighted by Crippen LogP contribution is 2.28. The van der Waals surface area contributed by atoms with Gasteiger partial charge >= 0.3 is 0 Å². The van der Waals surface area contributed by atoms with Crippen molar-refractivity contribution >= 4 is 49.8 Å². The molecule has 0 bridgehead atoms. The number of aromatic nitrogens is 1. The Morgan fingerprint density at radius 2 is 1.78 bits per heavy atom. The molecule has 0 saturated heterocycles. The van der Waals surface area contributed by atoms with E-state index in [0.717, 1.165) is 16.5 Å². The third-order valence-corrected chi connectivity index (χ3v) is 6.58. The maximum absolute atomic E-state index is 12.7. The number of aromatic hydroxyl groups is 1. The number of sulfonamides is 1. The number of hydrogen-bond donors (Lipinski definition) is 4. The van der Waals surface area contributed by atoms with Crippen LogP contribution in [0.5, 0.6) is 5.75 Å². The van der Waals surface area contributed by atoms with Gasteiger partial charge in [0.1, 0.15) is 5.75 Å². The molecule has 0 radical (unpaired) electrons. The van der Waals surface area contributed by atoms with Crippen molar-refractivity contribution < 1.29 is 18.3 Å². The Morgan fingerprint density at radius 3 is 2.56 bits per heavy atom. The summed E-state index contributed by atoms with van der Waals surface area (Å²) in [5.41, 5.74) is 2.36. The molecule has 0 aliphatic rings. The molecule has 4 rings (SSSR count). The Balaban J connectivity index is 1.46. The first-order chi connectivity index (χ1) is 15.3. The molecule has 164 valence electrons. The molecule has 1 amide bonds. The smallest absolute Gasteiger partial charge is 0.261 e. The monoisotopic (exact) mass is 469 g/mol. The third-order valence-electron chi connectivity index (χ3n) is 4.95. The fourth-order valence-corrected chi connectivity index (χ4v) is 4.52. The van der Waals surface area contributed by atoms with Gasteiger partial charge in [0.2, 0.25) is 5.91 Å². The van der Waals surface area contributed by atoms with E-state index in [1.807, 2.05) is 30.5 Å². The second-order valence-electron chi connectivity index (χ2n) is 7.20. The molecule has 7 nitrogen and oxygen atoms in total. The number of H-pyrrole nitrogens is 1. The summed E-state index contributed by atoms with van der Waals surface area (Å²) >= 11 is 5.83. The average molecular weight is 470 g/mol. The summed E-state index contributed by atoms with van der Waals surface area (Å²) in [4.78, 5) is 15.5. The zero-order valence-electron chi connectivity index (χ0n) is 16.8. The number of aromatic amines is 1. The number of benzene rings is 3. The molecular formula is C23H20ClN3O4S. The zero-order valence-corrected chi connectivity index (χ0v) is 18.4. The highest BCUT2D eigenvalue weighted by Gasteiger charge is 2.18. The Bertz CT molecular complexity index is 1380. The van der Waals surface area contributed by atoms with E-state index >= 15 is 0 Å². The van der Waals surface area contributed by atoms with Gasteiger partial charge in [0.15, 0.2) is 0 Å². The summed E-state index contributed by atoms with van der Waals surface area (Å²) in [5.74, 6) is -0.568. The Hall–Kier alpha value is -3.49. The van der Waals surface area contributed by atoms with Crippen LogP contribution in [0.4, 0.5) is 11.4 Å². The van der Waals surface area contributed by atoms with Crippen LogP contribution in [-0.4, -0.2) is 24.4 Å². The molecule has 0 aliphatic heterocycles. The van der Waals surface area contributed by atoms with Crippen LogP contribution in [0.2, 0.25) is 5.02 Å². The molecule has 4 aromatic rings. The molecule has 9 heteroatoms. The minimum Gasteiger partial charge on any atom is -0.506 e. The number of halogens is 1. The standard InChI is InChI=1S/C23H20ClN3O4S/c24-16-6-8-17(9-7-16)27-32(30,31)18-10-11-22(28)21(13-18)26-23(29)12-5-15-14-25-20-4-2-1-3-19(15)20/h1-4,6-11,13-14,25,27-28H,5,12H2,(H,26,29). The van der Waals surface area contributed by atoms with Crippen LogP contribution in [0.1, 0.15) is 12.0 Å². The topological polar surface area (TPSA) is 111 Å². The summed E-state index contributed by atoms with van der Waals surface area (Å²) in [5, 5.41) is 14.2. The first-order valence-electron chi connectivity index (χ1n) is 9.78. The minimum absolute atomic E-state index is 0.0212. The largest absolute Gasteiger partial charge is 0.506 e. The number of phenols is 1. The number of carbonyl (C=O) groups is 1. The summed E-state index contributed by atoms with van der Waals surface area (Å²) in [7, 11) is -3.93. The lowest BCUT2D eigenvalue weighted by Crippen LogP contribution is -2.15. The fraction of sp³-hybridized carbons (Fsp3) is 0.0870. The van der Waals surface area contributed by atoms with E-state index in [1.165, 1.54) is 30.3 Å². The van der Waals surface area contributed by atoms with E-state index in [-0.39, 0.29) is 28.7 Å². The number of carbonyl (C=O) groups excluding carboxylic acids is 1. The highest BCUT2D eigenvalue weighted by atomic mass is 35.5. The zero-order chi connectivity index (χ0) is 22.7. The highest BCUT2D eigenvalue weighted by molar-refractivity contribution is 7.92. The summed E-state index contributed by atoms with van der Waals surface area (Å²) in [6, 6.07) is 17.7. The summed E-state index contributed by atoms with van der Waals surface area (Å²) < 4.78 is 27.8. The van der Waals surface area contributed by atoms with Crippen LogP contribution in [-0.2, 0) is 21.2 Å². The molecule has 0 unspecified atom stereocenters. The van der Waals surface area contributed by atoms with Crippen molar-refractivity contribution in [1.82, 2.24) is 4.98 Å². The number of phenolic OH excluding ortho intramolecular Hbond substituents is 1. The van der Waals surface area contributed by atoms with Crippen LogP contribution >= 0.6 is 11.6 Å². The Labute approximate surface area is 190 Å². The maximum atomic E-state index is 12.7. The number of nitrogens with one attached hydrogen (secondary N) is 3.